The van der Waals surface area contributed by atoms with Gasteiger partial charge in [0.15, 0.2) is 24.1 Å². The summed E-state index contributed by atoms with van der Waals surface area (Å²) in [5, 5.41) is 43.5. The van der Waals surface area contributed by atoms with Gasteiger partial charge in [-0.25, -0.2) is 0 Å². The predicted octanol–water partition coefficient (Wildman–Crippen LogP) is 11.6. The minimum atomic E-state index is -3.23. The molecule has 15 heteroatoms. The van der Waals surface area contributed by atoms with Crippen molar-refractivity contribution in [2.24, 2.45) is 0 Å². The zero-order valence-corrected chi connectivity index (χ0v) is 44.1. The van der Waals surface area contributed by atoms with E-state index in [9.17, 15) is 39.6 Å². The molecule has 2 aliphatic carbocycles. The molecule has 9 rings (SSSR count). The van der Waals surface area contributed by atoms with Crippen LogP contribution in [-0.2, 0) is 35.9 Å². The number of benzene rings is 6. The van der Waals surface area contributed by atoms with Gasteiger partial charge in [0.2, 0.25) is 0 Å². The molecule has 4 N–H and O–H groups in total. The van der Waals surface area contributed by atoms with E-state index in [4.69, 9.17) is 27.8 Å². The number of hydrogen-bond donors (Lipinski definition) is 4. The summed E-state index contributed by atoms with van der Waals surface area (Å²) in [6, 6.07) is 18.6. The molecule has 14 nitrogen and oxygen atoms in total. The third kappa shape index (κ3) is 9.15. The Bertz CT molecular complexity index is 3150. The fourth-order valence-electron chi connectivity index (χ4n) is 11.0. The number of aldehydes is 2. The van der Waals surface area contributed by atoms with E-state index in [1.54, 1.807) is 27.2 Å². The molecule has 0 fully saturated rings. The summed E-state index contributed by atoms with van der Waals surface area (Å²) in [6.07, 6.45) is 1.71. The number of phenols is 2. The van der Waals surface area contributed by atoms with Gasteiger partial charge in [0.05, 0.1) is 85.9 Å². The summed E-state index contributed by atoms with van der Waals surface area (Å²) in [4.78, 5) is 50.5. The van der Waals surface area contributed by atoms with Gasteiger partial charge in [0.1, 0.15) is 34.5 Å². The molecule has 0 spiro atoms. The molecule has 73 heavy (non-hydrogen) atoms. The minimum absolute atomic E-state index is 0.00958. The number of carbonyl (C=O) groups is 4. The van der Waals surface area contributed by atoms with E-state index < -0.39 is 49.0 Å². The zero-order chi connectivity index (χ0) is 52.9. The number of hydrogen-bond acceptors (Lipinski definition) is 14. The van der Waals surface area contributed by atoms with Crippen molar-refractivity contribution in [3.63, 3.8) is 0 Å². The van der Waals surface area contributed by atoms with Gasteiger partial charge in [-0.05, 0) is 107 Å². The highest BCUT2D eigenvalue weighted by atomic mass is 28.4. The van der Waals surface area contributed by atoms with E-state index in [0.717, 1.165) is 39.9 Å². The highest BCUT2D eigenvalue weighted by Gasteiger charge is 2.64. The van der Waals surface area contributed by atoms with Crippen LogP contribution < -0.4 is 18.3 Å². The number of fused-ring (bicyclic) bond motifs is 4. The largest absolute Gasteiger partial charge is 0.510 e. The molecule has 384 valence electrons. The highest BCUT2D eigenvalue weighted by molar-refractivity contribution is 6.75. The van der Waals surface area contributed by atoms with Gasteiger partial charge in [0, 0.05) is 34.0 Å². The van der Waals surface area contributed by atoms with Crippen LogP contribution >= 0.6 is 0 Å². The monoisotopic (exact) mass is 1010 g/mol. The normalized spacial score (nSPS) is 16.9. The van der Waals surface area contributed by atoms with Crippen LogP contribution in [0.5, 0.6) is 34.5 Å². The molecule has 0 aromatic heterocycles. The number of aliphatic hydroxyl groups excluding tert-OH is 2. The quantitative estimate of drug-likeness (QED) is 0.0665. The molecule has 3 aliphatic rings. The van der Waals surface area contributed by atoms with Gasteiger partial charge >= 0.3 is 8.56 Å². The lowest BCUT2D eigenvalue weighted by atomic mass is 9.81. The zero-order valence-electron chi connectivity index (χ0n) is 43.1. The van der Waals surface area contributed by atoms with Crippen LogP contribution in [-0.4, -0.2) is 67.3 Å². The van der Waals surface area contributed by atoms with Gasteiger partial charge in [0.25, 0.3) is 0 Å². The van der Waals surface area contributed by atoms with Crippen LogP contribution in [0.25, 0.3) is 21.5 Å². The summed E-state index contributed by atoms with van der Waals surface area (Å²) in [5.74, 6) is 1.27. The Kier molecular flexibility index (Phi) is 14.7. The Balaban J connectivity index is 0.000000201. The predicted molar refractivity (Wildman–Crippen MR) is 278 cm³/mol. The minimum Gasteiger partial charge on any atom is -0.510 e. The Morgan fingerprint density at radius 1 is 0.616 bits per heavy atom. The maximum atomic E-state index is 13.8. The van der Waals surface area contributed by atoms with Crippen molar-refractivity contribution >= 4 is 54.2 Å². The maximum absolute atomic E-state index is 13.8. The number of aryl methyl sites for hydroxylation is 2. The van der Waals surface area contributed by atoms with E-state index in [-0.39, 0.29) is 54.1 Å². The Morgan fingerprint density at radius 2 is 1.04 bits per heavy atom. The molecule has 6 aromatic carbocycles. The van der Waals surface area contributed by atoms with Crippen molar-refractivity contribution in [3.05, 3.63) is 127 Å². The summed E-state index contributed by atoms with van der Waals surface area (Å²) in [6.45, 7) is 16.0. The van der Waals surface area contributed by atoms with E-state index in [1.165, 1.54) is 0 Å². The van der Waals surface area contributed by atoms with Crippen molar-refractivity contribution in [1.82, 2.24) is 0 Å². The Morgan fingerprint density at radius 3 is 1.48 bits per heavy atom. The first-order valence-electron chi connectivity index (χ1n) is 24.4. The van der Waals surface area contributed by atoms with Crippen LogP contribution in [0.2, 0.25) is 10.1 Å². The number of aliphatic hydroxyl groups is 2. The van der Waals surface area contributed by atoms with Crippen molar-refractivity contribution < 1.29 is 67.4 Å². The summed E-state index contributed by atoms with van der Waals surface area (Å²) >= 11 is 0. The fourth-order valence-corrected chi connectivity index (χ4v) is 15.6. The van der Waals surface area contributed by atoms with Crippen molar-refractivity contribution in [1.29, 1.82) is 0 Å². The second-order valence-electron chi connectivity index (χ2n) is 21.0. The SMILES string of the molecule is COc1ccc(CO[C@H]2CCC(=O)c3c2c(CO)c2cc(C)c(C=O)c(O)c2c3O)cc1.COc1ccc(CO[C@H]2CCC(=O)c3c2c(CO)c2cc(C)c(C=O)c4c2c3O[Si](C(C)(C)C)(C(C)(C)C)O4)cc1. The van der Waals surface area contributed by atoms with Gasteiger partial charge in [-0.2, -0.15) is 0 Å². The number of aromatic hydroxyl groups is 2. The molecule has 0 unspecified atom stereocenters. The topological polar surface area (TPSA) is 205 Å². The molecule has 6 aromatic rings. The number of ketones is 2. The number of Topliss-reactive ketones (excluding diaryl/α,β-unsaturated/α-hetero) is 2. The average Bonchev–Trinajstić information content (AvgIpc) is 3.35. The standard InChI is InChI=1S/C33H40O7Si.C25H24O7/c1-19-15-22-24(17-35)27-26(38-18-20-9-11-21(37-8)12-10-20)14-13-25(36)29(27)31-28(22)30(23(19)16-34)39-41(40-31,32(2,3)4)33(5,6)7;1-13-9-16-18(11-27)21-20(32-12-14-3-5-15(31-2)6-4-14)8-7-19(28)23(21)25(30)22(16)24(29)17(13)10-26/h9-12,15-16,26,35H,13-14,17-18H2,1-8H3;3-6,9-10,20,27,29-30H,7-8,11-12H2,1-2H3/t26-;20-/m00/s1. The summed E-state index contributed by atoms with van der Waals surface area (Å²) in [7, 11) is -0.00959. The molecule has 1 aliphatic heterocycles. The van der Waals surface area contributed by atoms with E-state index in [1.807, 2.05) is 61.5 Å². The van der Waals surface area contributed by atoms with Crippen LogP contribution in [0.15, 0.2) is 60.7 Å². The maximum Gasteiger partial charge on any atom is 0.471 e. The molecular formula is C58H64O14Si. The van der Waals surface area contributed by atoms with E-state index in [2.05, 4.69) is 41.5 Å². The molecule has 1 heterocycles. The first kappa shape index (κ1) is 52.7. The smallest absolute Gasteiger partial charge is 0.471 e. The molecule has 0 bridgehead atoms. The van der Waals surface area contributed by atoms with Crippen LogP contribution in [0.3, 0.4) is 0 Å². The van der Waals surface area contributed by atoms with Crippen LogP contribution in [0.1, 0.15) is 165 Å². The molecule has 0 radical (unpaired) electrons. The first-order chi connectivity index (χ1) is 34.7. The van der Waals surface area contributed by atoms with Crippen molar-refractivity contribution in [2.45, 2.75) is 130 Å². The molecular weight excluding hydrogens is 949 g/mol. The second kappa shape index (κ2) is 20.4. The average molecular weight is 1010 g/mol. The molecule has 2 atom stereocenters. The number of rotatable bonds is 12. The van der Waals surface area contributed by atoms with Gasteiger partial charge < -0.3 is 48.2 Å². The lowest BCUT2D eigenvalue weighted by molar-refractivity contribution is 0.0264. The van der Waals surface area contributed by atoms with Crippen molar-refractivity contribution in [2.75, 3.05) is 14.2 Å². The van der Waals surface area contributed by atoms with E-state index >= 15 is 0 Å². The molecule has 0 saturated carbocycles. The van der Waals surface area contributed by atoms with Gasteiger partial charge in [-0.1, -0.05) is 65.8 Å². The number of phenolic OH excluding ortho intramolecular Hbond substituents is 2. The summed E-state index contributed by atoms with van der Waals surface area (Å²) in [5.41, 5.74) is 6.21. The summed E-state index contributed by atoms with van der Waals surface area (Å²) < 4.78 is 37.1. The Labute approximate surface area is 426 Å². The van der Waals surface area contributed by atoms with Crippen LogP contribution in [0, 0.1) is 13.8 Å². The van der Waals surface area contributed by atoms with Crippen molar-refractivity contribution in [3.8, 4) is 34.5 Å². The van der Waals surface area contributed by atoms with Crippen LogP contribution in [0.4, 0.5) is 0 Å². The van der Waals surface area contributed by atoms with E-state index in [0.29, 0.717) is 87.0 Å². The number of methoxy groups -OCH3 is 2. The Hall–Kier alpha value is -6.62. The highest BCUT2D eigenvalue weighted by Crippen LogP contribution is 2.60. The third-order valence-corrected chi connectivity index (χ3v) is 19.5. The lowest BCUT2D eigenvalue weighted by Gasteiger charge is -2.51. The number of carbonyl (C=O) groups excluding carboxylic acids is 4. The second-order valence-corrected chi connectivity index (χ2v) is 25.7. The van der Waals surface area contributed by atoms with Gasteiger partial charge in [-0.3, -0.25) is 19.2 Å². The van der Waals surface area contributed by atoms with Gasteiger partial charge in [-0.15, -0.1) is 0 Å². The lowest BCUT2D eigenvalue weighted by Crippen LogP contribution is -2.63. The fraction of sp³-hybridized carbons (Fsp3) is 0.379. The molecule has 0 saturated heterocycles. The molecule has 0 amide bonds. The first-order valence-corrected chi connectivity index (χ1v) is 26.3. The number of ether oxygens (including phenoxy) is 4. The third-order valence-electron chi connectivity index (χ3n) is 14.5.